The van der Waals surface area contributed by atoms with Crippen molar-refractivity contribution < 1.29 is 19.7 Å². The summed E-state index contributed by atoms with van der Waals surface area (Å²) in [4.78, 5) is 0. The van der Waals surface area contributed by atoms with Gasteiger partial charge in [0, 0.05) is 0 Å². The molecule has 0 bridgehead atoms. The van der Waals surface area contributed by atoms with E-state index in [2.05, 4.69) is 5.32 Å². The van der Waals surface area contributed by atoms with E-state index in [0.717, 1.165) is 0 Å². The second-order valence-corrected chi connectivity index (χ2v) is 3.15. The second kappa shape index (κ2) is 2.81. The van der Waals surface area contributed by atoms with E-state index >= 15 is 0 Å². The highest BCUT2D eigenvalue weighted by atomic mass is 32.1. The molecule has 2 aliphatic rings. The van der Waals surface area contributed by atoms with Gasteiger partial charge >= 0.3 is 0 Å². The number of aliphatic hydroxyl groups is 2. The van der Waals surface area contributed by atoms with Crippen LogP contribution < -0.4 is 5.32 Å². The molecule has 0 amide bonds. The van der Waals surface area contributed by atoms with Gasteiger partial charge in [0.2, 0.25) is 0 Å². The normalized spacial score (nSPS) is 45.3. The first kappa shape index (κ1) is 8.18. The van der Waals surface area contributed by atoms with E-state index in [4.69, 9.17) is 26.8 Å². The molecule has 0 radical (unpaired) electrons. The maximum Gasteiger partial charge on any atom is 0.259 e. The third kappa shape index (κ3) is 1.08. The van der Waals surface area contributed by atoms with Crippen LogP contribution in [0, 0.1) is 0 Å². The molecular weight excluding hydrogens is 182 g/mol. The molecule has 3 N–H and O–H groups in total. The Bertz CT molecular complexity index is 212. The lowest BCUT2D eigenvalue weighted by Gasteiger charge is -2.13. The van der Waals surface area contributed by atoms with Crippen molar-refractivity contribution in [2.45, 2.75) is 24.5 Å². The second-order valence-electron chi connectivity index (χ2n) is 2.78. The van der Waals surface area contributed by atoms with Crippen molar-refractivity contribution in [2.75, 3.05) is 6.61 Å². The number of ether oxygens (including phenoxy) is 2. The van der Waals surface area contributed by atoms with Crippen molar-refractivity contribution in [1.82, 2.24) is 5.32 Å². The summed E-state index contributed by atoms with van der Waals surface area (Å²) in [6.45, 7) is -0.216. The number of nitrogens with one attached hydrogen (secondary N) is 1. The minimum Gasteiger partial charge on any atom is -0.460 e. The van der Waals surface area contributed by atoms with Gasteiger partial charge in [0.1, 0.15) is 12.2 Å². The quantitative estimate of drug-likeness (QED) is 0.431. The third-order valence-electron chi connectivity index (χ3n) is 2.02. The Balaban J connectivity index is 2.08. The van der Waals surface area contributed by atoms with Crippen LogP contribution in [0.4, 0.5) is 0 Å². The molecule has 68 valence electrons. The first-order valence-corrected chi connectivity index (χ1v) is 4.04. The van der Waals surface area contributed by atoms with Gasteiger partial charge in [0.05, 0.1) is 6.61 Å². The van der Waals surface area contributed by atoms with Crippen LogP contribution in [-0.2, 0) is 9.47 Å². The zero-order valence-electron chi connectivity index (χ0n) is 6.14. The van der Waals surface area contributed by atoms with E-state index in [-0.39, 0.29) is 11.8 Å². The molecule has 2 rings (SSSR count). The Morgan fingerprint density at radius 3 is 2.92 bits per heavy atom. The van der Waals surface area contributed by atoms with Crippen LogP contribution >= 0.6 is 12.2 Å². The standard InChI is InChI=1S/C6H9NO4S/c8-1-2-3(9)4-5(10-2)7-6(12)11-4/h2-5,8-9H,1H2,(H,7,12). The van der Waals surface area contributed by atoms with E-state index in [1.54, 1.807) is 0 Å². The fraction of sp³-hybridized carbons (Fsp3) is 0.833. The molecule has 0 spiro atoms. The average Bonchev–Trinajstić information content (AvgIpc) is 2.51. The number of hydrogen-bond acceptors (Lipinski definition) is 5. The Labute approximate surface area is 74.3 Å². The van der Waals surface area contributed by atoms with E-state index in [1.807, 2.05) is 0 Å². The lowest BCUT2D eigenvalue weighted by molar-refractivity contribution is -0.0263. The van der Waals surface area contributed by atoms with Gasteiger partial charge < -0.3 is 25.0 Å². The first-order valence-electron chi connectivity index (χ1n) is 3.64. The summed E-state index contributed by atoms with van der Waals surface area (Å²) in [5.74, 6) is 0. The molecule has 4 unspecified atom stereocenters. The summed E-state index contributed by atoms with van der Waals surface area (Å²) in [5.41, 5.74) is 0. The maximum atomic E-state index is 9.47. The molecular formula is C6H9NO4S. The summed E-state index contributed by atoms with van der Waals surface area (Å²) in [7, 11) is 0. The van der Waals surface area contributed by atoms with Gasteiger partial charge in [0.25, 0.3) is 5.17 Å². The van der Waals surface area contributed by atoms with Gasteiger partial charge in [-0.15, -0.1) is 0 Å². The Morgan fingerprint density at radius 1 is 1.58 bits per heavy atom. The lowest BCUT2D eigenvalue weighted by Crippen LogP contribution is -2.33. The molecule has 2 fully saturated rings. The molecule has 0 saturated carbocycles. The van der Waals surface area contributed by atoms with Crippen molar-refractivity contribution in [1.29, 1.82) is 0 Å². The summed E-state index contributed by atoms with van der Waals surface area (Å²) in [6, 6.07) is 0. The summed E-state index contributed by atoms with van der Waals surface area (Å²) in [5, 5.41) is 21.2. The van der Waals surface area contributed by atoms with Crippen LogP contribution in [0.1, 0.15) is 0 Å². The molecule has 2 heterocycles. The smallest absolute Gasteiger partial charge is 0.259 e. The van der Waals surface area contributed by atoms with Crippen LogP contribution in [0.15, 0.2) is 0 Å². The van der Waals surface area contributed by atoms with Crippen molar-refractivity contribution in [2.24, 2.45) is 0 Å². The van der Waals surface area contributed by atoms with Crippen LogP contribution in [-0.4, -0.2) is 46.5 Å². The van der Waals surface area contributed by atoms with Crippen LogP contribution in [0.5, 0.6) is 0 Å². The van der Waals surface area contributed by atoms with Crippen LogP contribution in [0.3, 0.4) is 0 Å². The summed E-state index contributed by atoms with van der Waals surface area (Å²) < 4.78 is 10.3. The fourth-order valence-electron chi connectivity index (χ4n) is 1.41. The van der Waals surface area contributed by atoms with Gasteiger partial charge in [-0.1, -0.05) is 0 Å². The minimum atomic E-state index is -0.812. The van der Waals surface area contributed by atoms with Gasteiger partial charge in [-0.2, -0.15) is 0 Å². The molecule has 5 nitrogen and oxygen atoms in total. The molecule has 4 atom stereocenters. The third-order valence-corrected chi connectivity index (χ3v) is 2.23. The zero-order valence-corrected chi connectivity index (χ0v) is 6.95. The highest BCUT2D eigenvalue weighted by molar-refractivity contribution is 7.80. The average molecular weight is 191 g/mol. The first-order chi connectivity index (χ1) is 5.72. The highest BCUT2D eigenvalue weighted by Crippen LogP contribution is 2.26. The Hall–Kier alpha value is -0.430. The fourth-order valence-corrected chi connectivity index (χ4v) is 1.64. The number of rotatable bonds is 1. The topological polar surface area (TPSA) is 71.0 Å². The Kier molecular flexibility index (Phi) is 1.91. The van der Waals surface area contributed by atoms with Gasteiger partial charge in [0.15, 0.2) is 12.3 Å². The van der Waals surface area contributed by atoms with E-state index in [0.29, 0.717) is 0 Å². The number of thiocarbonyl (C=S) groups is 1. The highest BCUT2D eigenvalue weighted by Gasteiger charge is 2.49. The lowest BCUT2D eigenvalue weighted by atomic mass is 10.1. The van der Waals surface area contributed by atoms with Gasteiger partial charge in [-0.05, 0) is 12.2 Å². The van der Waals surface area contributed by atoms with Crippen LogP contribution in [0.2, 0.25) is 0 Å². The van der Waals surface area contributed by atoms with E-state index in [9.17, 15) is 5.11 Å². The molecule has 0 aromatic rings. The molecule has 6 heteroatoms. The van der Waals surface area contributed by atoms with E-state index < -0.39 is 24.5 Å². The number of hydrogen-bond donors (Lipinski definition) is 3. The Morgan fingerprint density at radius 2 is 2.33 bits per heavy atom. The van der Waals surface area contributed by atoms with Crippen molar-refractivity contribution in [3.63, 3.8) is 0 Å². The predicted octanol–water partition coefficient (Wildman–Crippen LogP) is -1.66. The monoisotopic (exact) mass is 191 g/mol. The molecule has 2 saturated heterocycles. The van der Waals surface area contributed by atoms with Crippen molar-refractivity contribution >= 4 is 17.4 Å². The van der Waals surface area contributed by atoms with E-state index in [1.165, 1.54) is 0 Å². The maximum absolute atomic E-state index is 9.47. The molecule has 0 aliphatic carbocycles. The summed E-state index contributed by atoms with van der Waals surface area (Å²) >= 11 is 4.71. The largest absolute Gasteiger partial charge is 0.460 e. The molecule has 0 aromatic heterocycles. The van der Waals surface area contributed by atoms with Crippen LogP contribution in [0.25, 0.3) is 0 Å². The van der Waals surface area contributed by atoms with Gasteiger partial charge in [-0.3, -0.25) is 0 Å². The van der Waals surface area contributed by atoms with Crippen molar-refractivity contribution in [3.05, 3.63) is 0 Å². The predicted molar refractivity (Wildman–Crippen MR) is 42.4 cm³/mol. The molecule has 12 heavy (non-hydrogen) atoms. The minimum absolute atomic E-state index is 0.216. The van der Waals surface area contributed by atoms with Gasteiger partial charge in [-0.25, -0.2) is 0 Å². The SMILES string of the molecule is OCC1OC2NC(=S)OC2C1O. The van der Waals surface area contributed by atoms with Crippen molar-refractivity contribution in [3.8, 4) is 0 Å². The molecule has 2 aliphatic heterocycles. The summed E-state index contributed by atoms with van der Waals surface area (Å²) in [6.07, 6.45) is -2.28. The zero-order chi connectivity index (χ0) is 8.72. The number of aliphatic hydroxyl groups excluding tert-OH is 2. The molecule has 0 aromatic carbocycles. The number of fused-ring (bicyclic) bond motifs is 1.